The number of amides is 1. The average Bonchev–Trinajstić information content (AvgIpc) is 3.02. The van der Waals surface area contributed by atoms with Crippen molar-refractivity contribution in [1.82, 2.24) is 4.90 Å². The van der Waals surface area contributed by atoms with Crippen molar-refractivity contribution in [1.29, 1.82) is 10.5 Å². The molecule has 2 heterocycles. The molecule has 8 heteroatoms. The van der Waals surface area contributed by atoms with Crippen molar-refractivity contribution in [2.75, 3.05) is 20.3 Å². The van der Waals surface area contributed by atoms with Crippen molar-refractivity contribution in [2.45, 2.75) is 31.4 Å². The molecule has 2 aromatic rings. The van der Waals surface area contributed by atoms with Gasteiger partial charge in [0, 0.05) is 25.6 Å². The minimum Gasteiger partial charge on any atom is -0.488 e. The lowest BCUT2D eigenvalue weighted by molar-refractivity contribution is -0.132. The van der Waals surface area contributed by atoms with Crippen molar-refractivity contribution >= 4 is 11.9 Å². The zero-order valence-electron chi connectivity index (χ0n) is 18.0. The molecule has 2 N–H and O–H groups in total. The number of nitriles is 2. The topological polar surface area (TPSA) is 125 Å². The van der Waals surface area contributed by atoms with E-state index in [-0.39, 0.29) is 18.0 Å². The first-order valence-corrected chi connectivity index (χ1v) is 10.4. The van der Waals surface area contributed by atoms with Crippen molar-refractivity contribution in [3.8, 4) is 29.0 Å². The number of hydrogen-bond donors (Lipinski definition) is 1. The van der Waals surface area contributed by atoms with Gasteiger partial charge in [-0.15, -0.1) is 0 Å². The van der Waals surface area contributed by atoms with Gasteiger partial charge in [-0.3, -0.25) is 9.69 Å². The monoisotopic (exact) mass is 429 g/mol. The number of hydrogen-bond acceptors (Lipinski definition) is 7. The Morgan fingerprint density at radius 2 is 1.94 bits per heavy atom. The summed E-state index contributed by atoms with van der Waals surface area (Å²) < 4.78 is 11.8. The Morgan fingerprint density at radius 1 is 1.22 bits per heavy atom. The van der Waals surface area contributed by atoms with Crippen LogP contribution in [0.5, 0.6) is 5.75 Å². The molecule has 32 heavy (non-hydrogen) atoms. The largest absolute Gasteiger partial charge is 0.488 e. The first kappa shape index (κ1) is 21.4. The fourth-order valence-corrected chi connectivity index (χ4v) is 4.18. The molecule has 2 aromatic carbocycles. The summed E-state index contributed by atoms with van der Waals surface area (Å²) in [6, 6.07) is 14.6. The van der Waals surface area contributed by atoms with Crippen LogP contribution in [0.25, 0.3) is 11.1 Å². The number of carbonyl (C=O) groups is 1. The number of rotatable bonds is 5. The molecule has 0 aliphatic carbocycles. The third-order valence-electron chi connectivity index (χ3n) is 5.73. The van der Waals surface area contributed by atoms with E-state index in [0.717, 1.165) is 12.0 Å². The molecule has 0 fully saturated rings. The van der Waals surface area contributed by atoms with Gasteiger partial charge in [0.05, 0.1) is 29.9 Å². The number of aliphatic imine (C=N–C) groups is 1. The van der Waals surface area contributed by atoms with Gasteiger partial charge in [0.15, 0.2) is 11.5 Å². The third kappa shape index (κ3) is 3.55. The quantitative estimate of drug-likeness (QED) is 0.729. The van der Waals surface area contributed by atoms with Gasteiger partial charge in [-0.25, -0.2) is 4.99 Å². The van der Waals surface area contributed by atoms with Gasteiger partial charge in [-0.05, 0) is 47.9 Å². The highest BCUT2D eigenvalue weighted by Gasteiger charge is 2.53. The predicted octanol–water partition coefficient (Wildman–Crippen LogP) is 2.66. The summed E-state index contributed by atoms with van der Waals surface area (Å²) in [7, 11) is 1.60. The average molecular weight is 429 g/mol. The normalized spacial score (nSPS) is 21.5. The summed E-state index contributed by atoms with van der Waals surface area (Å²) in [4.78, 5) is 19.3. The van der Waals surface area contributed by atoms with Crippen LogP contribution in [0.4, 0.5) is 0 Å². The highest BCUT2D eigenvalue weighted by atomic mass is 16.5. The van der Waals surface area contributed by atoms with E-state index in [1.807, 2.05) is 19.1 Å². The summed E-state index contributed by atoms with van der Waals surface area (Å²) in [6.45, 7) is 2.98. The van der Waals surface area contributed by atoms with Crippen LogP contribution in [0.2, 0.25) is 0 Å². The standard InChI is InChI=1S/C24H23N5O3/c1-3-6-31-14-19-11-24(22(30)29(2)23(27)28-24)20-10-17(4-5-21(20)32-19)18-8-15(12-25)7-16(9-18)13-26/h4-5,7-10,19H,3,6,11,14H2,1-2H3,(H2,27,28). The fourth-order valence-electron chi connectivity index (χ4n) is 4.18. The maximum atomic E-state index is 13.3. The van der Waals surface area contributed by atoms with E-state index in [4.69, 9.17) is 15.2 Å². The van der Waals surface area contributed by atoms with E-state index in [1.54, 1.807) is 25.2 Å². The van der Waals surface area contributed by atoms with Crippen LogP contribution in [-0.2, 0) is 15.1 Å². The molecule has 2 aliphatic heterocycles. The maximum Gasteiger partial charge on any atom is 0.261 e. The van der Waals surface area contributed by atoms with Crippen LogP contribution in [0.1, 0.15) is 36.5 Å². The molecule has 0 bridgehead atoms. The summed E-state index contributed by atoms with van der Waals surface area (Å²) >= 11 is 0. The van der Waals surface area contributed by atoms with E-state index in [0.29, 0.717) is 47.6 Å². The highest BCUT2D eigenvalue weighted by Crippen LogP contribution is 2.47. The molecule has 0 radical (unpaired) electrons. The van der Waals surface area contributed by atoms with Crippen molar-refractivity contribution < 1.29 is 14.3 Å². The smallest absolute Gasteiger partial charge is 0.261 e. The summed E-state index contributed by atoms with van der Waals surface area (Å²) in [5.74, 6) is 0.475. The van der Waals surface area contributed by atoms with Crippen LogP contribution in [0.3, 0.4) is 0 Å². The zero-order valence-corrected chi connectivity index (χ0v) is 18.0. The Labute approximate surface area is 186 Å². The first-order chi connectivity index (χ1) is 15.4. The van der Waals surface area contributed by atoms with Gasteiger partial charge in [-0.2, -0.15) is 10.5 Å². The van der Waals surface area contributed by atoms with Crippen LogP contribution in [-0.4, -0.2) is 43.1 Å². The predicted molar refractivity (Wildman–Crippen MR) is 118 cm³/mol. The number of benzene rings is 2. The Bertz CT molecular complexity index is 1160. The number of ether oxygens (including phenoxy) is 2. The first-order valence-electron chi connectivity index (χ1n) is 10.4. The van der Waals surface area contributed by atoms with Gasteiger partial charge in [0.1, 0.15) is 11.9 Å². The SMILES string of the molecule is CCCOCC1CC2(N=C(N)N(C)C2=O)c2cc(-c3cc(C#N)cc(C#N)c3)ccc2O1. The van der Waals surface area contributed by atoms with Gasteiger partial charge < -0.3 is 15.2 Å². The Hall–Kier alpha value is -3.88. The summed E-state index contributed by atoms with van der Waals surface area (Å²) in [5.41, 5.74) is 7.66. The Morgan fingerprint density at radius 3 is 2.53 bits per heavy atom. The van der Waals surface area contributed by atoms with Gasteiger partial charge >= 0.3 is 0 Å². The Kier molecular flexibility index (Phi) is 5.56. The molecule has 2 atom stereocenters. The molecular formula is C24H23N5O3. The fraction of sp³-hybridized carbons (Fsp3) is 0.333. The molecule has 0 saturated heterocycles. The lowest BCUT2D eigenvalue weighted by Gasteiger charge is -2.36. The second-order valence-electron chi connectivity index (χ2n) is 7.95. The van der Waals surface area contributed by atoms with Crippen molar-refractivity contribution in [2.24, 2.45) is 10.7 Å². The molecule has 0 aromatic heterocycles. The van der Waals surface area contributed by atoms with E-state index in [9.17, 15) is 15.3 Å². The highest BCUT2D eigenvalue weighted by molar-refractivity contribution is 6.07. The molecule has 4 rings (SSSR count). The molecule has 162 valence electrons. The van der Waals surface area contributed by atoms with Crippen LogP contribution in [0.15, 0.2) is 41.4 Å². The van der Waals surface area contributed by atoms with Crippen LogP contribution < -0.4 is 10.5 Å². The molecule has 1 spiro atoms. The minimum absolute atomic E-state index is 0.153. The van der Waals surface area contributed by atoms with Gasteiger partial charge in [-0.1, -0.05) is 13.0 Å². The molecule has 1 amide bonds. The van der Waals surface area contributed by atoms with E-state index in [2.05, 4.69) is 17.1 Å². The molecule has 8 nitrogen and oxygen atoms in total. The number of fused-ring (bicyclic) bond motifs is 2. The number of guanidine groups is 1. The number of carbonyl (C=O) groups excluding carboxylic acids is 1. The number of likely N-dealkylation sites (N-methyl/N-ethyl adjacent to an activating group) is 1. The lowest BCUT2D eigenvalue weighted by atomic mass is 9.80. The molecule has 2 unspecified atom stereocenters. The van der Waals surface area contributed by atoms with Crippen molar-refractivity contribution in [3.05, 3.63) is 53.1 Å². The second-order valence-corrected chi connectivity index (χ2v) is 7.95. The van der Waals surface area contributed by atoms with Crippen LogP contribution >= 0.6 is 0 Å². The zero-order chi connectivity index (χ0) is 22.9. The maximum absolute atomic E-state index is 13.3. The van der Waals surface area contributed by atoms with Crippen molar-refractivity contribution in [3.63, 3.8) is 0 Å². The van der Waals surface area contributed by atoms with Gasteiger partial charge in [0.25, 0.3) is 5.91 Å². The molecular weight excluding hydrogens is 406 g/mol. The Balaban J connectivity index is 1.82. The second kappa shape index (κ2) is 8.33. The number of nitrogens with two attached hydrogens (primary N) is 1. The van der Waals surface area contributed by atoms with Gasteiger partial charge in [0.2, 0.25) is 0 Å². The summed E-state index contributed by atoms with van der Waals surface area (Å²) in [5, 5.41) is 18.7. The number of nitrogens with zero attached hydrogens (tertiary/aromatic N) is 4. The van der Waals surface area contributed by atoms with E-state index in [1.165, 1.54) is 11.0 Å². The minimum atomic E-state index is -1.20. The summed E-state index contributed by atoms with van der Waals surface area (Å²) in [6.07, 6.45) is 0.842. The lowest BCUT2D eigenvalue weighted by Crippen LogP contribution is -2.46. The third-order valence-corrected chi connectivity index (χ3v) is 5.73. The van der Waals surface area contributed by atoms with E-state index >= 15 is 0 Å². The van der Waals surface area contributed by atoms with Crippen LogP contribution in [0, 0.1) is 22.7 Å². The molecule has 2 aliphatic rings. The molecule has 0 saturated carbocycles. The van der Waals surface area contributed by atoms with E-state index < -0.39 is 5.54 Å².